The number of amides is 2. The van der Waals surface area contributed by atoms with Gasteiger partial charge in [-0.3, -0.25) is 4.79 Å². The van der Waals surface area contributed by atoms with Crippen molar-refractivity contribution in [1.82, 2.24) is 9.88 Å². The molecular weight excluding hydrogens is 350 g/mol. The fourth-order valence-electron chi connectivity index (χ4n) is 2.81. The topological polar surface area (TPSA) is 71.5 Å². The highest BCUT2D eigenvalue weighted by atomic mass is 79.9. The second-order valence-corrected chi connectivity index (χ2v) is 7.82. The van der Waals surface area contributed by atoms with E-state index in [1.54, 1.807) is 11.1 Å². The van der Waals surface area contributed by atoms with Crippen LogP contribution in [-0.2, 0) is 16.0 Å². The average molecular weight is 368 g/mol. The Morgan fingerprint density at radius 1 is 1.45 bits per heavy atom. The predicted molar refractivity (Wildman–Crippen MR) is 84.5 cm³/mol. The van der Waals surface area contributed by atoms with E-state index in [-0.39, 0.29) is 12.0 Å². The van der Waals surface area contributed by atoms with Crippen molar-refractivity contribution in [3.63, 3.8) is 0 Å². The number of rotatable bonds is 0. The van der Waals surface area contributed by atoms with Gasteiger partial charge in [-0.2, -0.15) is 0 Å². The Balaban J connectivity index is 1.72. The molecule has 118 valence electrons. The molecule has 22 heavy (non-hydrogen) atoms. The molecule has 0 bridgehead atoms. The Morgan fingerprint density at radius 3 is 2.77 bits per heavy atom. The van der Waals surface area contributed by atoms with Gasteiger partial charge in [0.05, 0.1) is 5.41 Å². The number of fused-ring (bicyclic) bond motifs is 1. The van der Waals surface area contributed by atoms with E-state index in [1.807, 2.05) is 26.8 Å². The third kappa shape index (κ3) is 2.69. The quantitative estimate of drug-likeness (QED) is 0.764. The van der Waals surface area contributed by atoms with Crippen LogP contribution < -0.4 is 5.32 Å². The molecule has 1 spiro atoms. The number of anilines is 1. The average Bonchev–Trinajstić information content (AvgIpc) is 2.33. The number of carbonyl (C=O) groups is 2. The minimum Gasteiger partial charge on any atom is -0.444 e. The minimum atomic E-state index is -0.563. The summed E-state index contributed by atoms with van der Waals surface area (Å²) in [6.07, 6.45) is 1.87. The van der Waals surface area contributed by atoms with E-state index in [9.17, 15) is 9.59 Å². The SMILES string of the molecule is CC(C)(C)OC(=O)N1CC2(Cc3cc(Br)cnc3NC2=O)C1. The van der Waals surface area contributed by atoms with Gasteiger partial charge in [0.2, 0.25) is 5.91 Å². The van der Waals surface area contributed by atoms with Gasteiger partial charge < -0.3 is 15.0 Å². The largest absolute Gasteiger partial charge is 0.444 e. The van der Waals surface area contributed by atoms with Gasteiger partial charge in [0.15, 0.2) is 0 Å². The number of nitrogens with zero attached hydrogens (tertiary/aromatic N) is 2. The van der Waals surface area contributed by atoms with Crippen LogP contribution in [0, 0.1) is 5.41 Å². The van der Waals surface area contributed by atoms with Crippen molar-refractivity contribution >= 4 is 33.7 Å². The number of hydrogen-bond acceptors (Lipinski definition) is 4. The first-order valence-electron chi connectivity index (χ1n) is 7.12. The third-order valence-electron chi connectivity index (χ3n) is 3.81. The van der Waals surface area contributed by atoms with Crippen LogP contribution in [0.3, 0.4) is 0 Å². The Labute approximate surface area is 137 Å². The number of pyridine rings is 1. The van der Waals surface area contributed by atoms with Gasteiger partial charge in [-0.25, -0.2) is 9.78 Å². The van der Waals surface area contributed by atoms with Crippen LogP contribution in [0.2, 0.25) is 0 Å². The van der Waals surface area contributed by atoms with Crippen LogP contribution in [0.1, 0.15) is 26.3 Å². The van der Waals surface area contributed by atoms with Gasteiger partial charge >= 0.3 is 6.09 Å². The first-order valence-corrected chi connectivity index (χ1v) is 7.92. The van der Waals surface area contributed by atoms with Gasteiger partial charge in [-0.05, 0) is 54.8 Å². The smallest absolute Gasteiger partial charge is 0.410 e. The third-order valence-corrected chi connectivity index (χ3v) is 4.25. The fraction of sp³-hybridized carbons (Fsp3) is 0.533. The molecule has 0 saturated carbocycles. The first-order chi connectivity index (χ1) is 10.2. The molecule has 3 rings (SSSR count). The van der Waals surface area contributed by atoms with E-state index < -0.39 is 11.0 Å². The van der Waals surface area contributed by atoms with Crippen LogP contribution in [0.25, 0.3) is 0 Å². The maximum absolute atomic E-state index is 12.4. The number of nitrogens with one attached hydrogen (secondary N) is 1. The number of aromatic nitrogens is 1. The van der Waals surface area contributed by atoms with Gasteiger partial charge in [-0.15, -0.1) is 0 Å². The summed E-state index contributed by atoms with van der Waals surface area (Å²) in [5.41, 5.74) is -0.111. The molecule has 2 aliphatic rings. The molecular formula is C15H18BrN3O3. The maximum Gasteiger partial charge on any atom is 0.410 e. The summed E-state index contributed by atoms with van der Waals surface area (Å²) >= 11 is 3.39. The molecule has 1 N–H and O–H groups in total. The Bertz CT molecular complexity index is 648. The molecule has 1 fully saturated rings. The lowest BCUT2D eigenvalue weighted by molar-refractivity contribution is -0.135. The van der Waals surface area contributed by atoms with Gasteiger partial charge in [0.25, 0.3) is 0 Å². The Kier molecular flexibility index (Phi) is 3.43. The molecule has 1 aromatic rings. The highest BCUT2D eigenvalue weighted by molar-refractivity contribution is 9.10. The van der Waals surface area contributed by atoms with Crippen molar-refractivity contribution in [3.8, 4) is 0 Å². The van der Waals surface area contributed by atoms with Crippen molar-refractivity contribution in [3.05, 3.63) is 22.3 Å². The summed E-state index contributed by atoms with van der Waals surface area (Å²) in [6.45, 7) is 6.23. The standard InChI is InChI=1S/C15H18BrN3O3/c1-14(2,3)22-13(21)19-7-15(8-19)5-9-4-10(16)6-17-11(9)18-12(15)20/h4,6H,5,7-8H2,1-3H3,(H,17,18,20). The Morgan fingerprint density at radius 2 is 2.14 bits per heavy atom. The van der Waals surface area contributed by atoms with Crippen molar-refractivity contribution in [2.75, 3.05) is 18.4 Å². The fourth-order valence-corrected chi connectivity index (χ4v) is 3.19. The maximum atomic E-state index is 12.4. The second-order valence-electron chi connectivity index (χ2n) is 6.91. The molecule has 1 saturated heterocycles. The van der Waals surface area contributed by atoms with Gasteiger partial charge in [0.1, 0.15) is 11.4 Å². The van der Waals surface area contributed by atoms with E-state index in [0.717, 1.165) is 10.0 Å². The second kappa shape index (κ2) is 4.94. The van der Waals surface area contributed by atoms with Crippen molar-refractivity contribution < 1.29 is 14.3 Å². The van der Waals surface area contributed by atoms with Crippen molar-refractivity contribution in [1.29, 1.82) is 0 Å². The molecule has 3 heterocycles. The van der Waals surface area contributed by atoms with E-state index in [0.29, 0.717) is 25.3 Å². The predicted octanol–water partition coefficient (Wildman–Crippen LogP) is 2.58. The number of hydrogen-bond donors (Lipinski definition) is 1. The van der Waals surface area contributed by atoms with E-state index in [4.69, 9.17) is 4.74 Å². The highest BCUT2D eigenvalue weighted by Gasteiger charge is 2.54. The van der Waals surface area contributed by atoms with E-state index in [2.05, 4.69) is 26.2 Å². The lowest BCUT2D eigenvalue weighted by Crippen LogP contribution is -2.66. The van der Waals surface area contributed by atoms with E-state index in [1.165, 1.54) is 0 Å². The number of likely N-dealkylation sites (tertiary alicyclic amines) is 1. The molecule has 7 heteroatoms. The zero-order chi connectivity index (χ0) is 16.1. The molecule has 0 aliphatic carbocycles. The first kappa shape index (κ1) is 15.3. The summed E-state index contributed by atoms with van der Waals surface area (Å²) < 4.78 is 6.21. The lowest BCUT2D eigenvalue weighted by atomic mass is 9.72. The molecule has 0 unspecified atom stereocenters. The molecule has 2 aliphatic heterocycles. The molecule has 0 aromatic carbocycles. The summed E-state index contributed by atoms with van der Waals surface area (Å²) in [4.78, 5) is 30.2. The van der Waals surface area contributed by atoms with Crippen LogP contribution in [0.5, 0.6) is 0 Å². The zero-order valence-electron chi connectivity index (χ0n) is 12.8. The summed E-state index contributed by atoms with van der Waals surface area (Å²) in [7, 11) is 0. The van der Waals surface area contributed by atoms with Gasteiger partial charge in [-0.1, -0.05) is 0 Å². The highest BCUT2D eigenvalue weighted by Crippen LogP contribution is 2.41. The van der Waals surface area contributed by atoms with Crippen LogP contribution in [0.4, 0.5) is 10.6 Å². The molecule has 0 radical (unpaired) electrons. The van der Waals surface area contributed by atoms with Crippen LogP contribution in [-0.4, -0.2) is 40.6 Å². The summed E-state index contributed by atoms with van der Waals surface area (Å²) in [5, 5.41) is 2.84. The number of carbonyl (C=O) groups excluding carboxylic acids is 2. The van der Waals surface area contributed by atoms with Gasteiger partial charge in [0, 0.05) is 23.8 Å². The lowest BCUT2D eigenvalue weighted by Gasteiger charge is -2.50. The number of ether oxygens (including phenoxy) is 1. The number of halogens is 1. The molecule has 0 atom stereocenters. The minimum absolute atomic E-state index is 0.0744. The molecule has 1 aromatic heterocycles. The Hall–Kier alpha value is -1.63. The summed E-state index contributed by atoms with van der Waals surface area (Å²) in [6, 6.07) is 1.96. The molecule has 2 amide bonds. The zero-order valence-corrected chi connectivity index (χ0v) is 14.4. The normalized spacial score (nSPS) is 19.3. The van der Waals surface area contributed by atoms with Crippen LogP contribution >= 0.6 is 15.9 Å². The molecule has 6 nitrogen and oxygen atoms in total. The summed E-state index contributed by atoms with van der Waals surface area (Å²) in [5.74, 6) is 0.532. The van der Waals surface area contributed by atoms with Crippen molar-refractivity contribution in [2.24, 2.45) is 5.41 Å². The van der Waals surface area contributed by atoms with E-state index >= 15 is 0 Å². The monoisotopic (exact) mass is 367 g/mol. The van der Waals surface area contributed by atoms with Crippen molar-refractivity contribution in [2.45, 2.75) is 32.8 Å². The van der Waals surface area contributed by atoms with Crippen LogP contribution in [0.15, 0.2) is 16.7 Å².